The molecule has 1 N–H and O–H groups in total. The second kappa shape index (κ2) is 13.2. The van der Waals surface area contributed by atoms with E-state index in [4.69, 9.17) is 9.47 Å². The van der Waals surface area contributed by atoms with Gasteiger partial charge in [0.2, 0.25) is 5.91 Å². The molecule has 7 nitrogen and oxygen atoms in total. The van der Waals surface area contributed by atoms with Crippen LogP contribution in [-0.2, 0) is 11.2 Å². The third-order valence-corrected chi connectivity index (χ3v) is 5.56. The molecule has 1 heterocycles. The fraction of sp³-hybridized carbons (Fsp3) is 0.333. The summed E-state index contributed by atoms with van der Waals surface area (Å²) in [5.41, 5.74) is 3.30. The first-order valence-corrected chi connectivity index (χ1v) is 11.5. The van der Waals surface area contributed by atoms with Crippen molar-refractivity contribution >= 4 is 12.0 Å². The number of ether oxygens (including phenoxy) is 2. The Morgan fingerprint density at radius 3 is 2.74 bits per heavy atom. The monoisotopic (exact) mass is 462 g/mol. The highest BCUT2D eigenvalue weighted by Gasteiger charge is 2.06. The van der Waals surface area contributed by atoms with Crippen LogP contribution in [0.5, 0.6) is 11.5 Å². The second-order valence-electron chi connectivity index (χ2n) is 8.12. The minimum absolute atomic E-state index is 0.0370. The van der Waals surface area contributed by atoms with Crippen molar-refractivity contribution in [2.75, 3.05) is 40.9 Å². The Bertz CT molecular complexity index is 1060. The highest BCUT2D eigenvalue weighted by Crippen LogP contribution is 2.27. The van der Waals surface area contributed by atoms with Gasteiger partial charge in [0.25, 0.3) is 0 Å². The SMILES string of the molecule is COc1ccc(CCN(C)CCCNC(=O)CC=Cc2cccc(-n3ccnc3)c2)cc1OC. The number of hydrogen-bond acceptors (Lipinski definition) is 5. The van der Waals surface area contributed by atoms with Gasteiger partial charge in [-0.15, -0.1) is 0 Å². The number of carbonyl (C=O) groups is 1. The zero-order chi connectivity index (χ0) is 24.2. The number of benzene rings is 2. The molecule has 0 saturated heterocycles. The number of amides is 1. The topological polar surface area (TPSA) is 68.6 Å². The molecule has 0 atom stereocenters. The average molecular weight is 463 g/mol. The van der Waals surface area contributed by atoms with Crippen LogP contribution in [0.3, 0.4) is 0 Å². The molecule has 0 fully saturated rings. The lowest BCUT2D eigenvalue weighted by Gasteiger charge is -2.17. The average Bonchev–Trinajstić information content (AvgIpc) is 3.40. The second-order valence-corrected chi connectivity index (χ2v) is 8.12. The van der Waals surface area contributed by atoms with Crippen molar-refractivity contribution in [1.82, 2.24) is 19.8 Å². The van der Waals surface area contributed by atoms with Crippen LogP contribution < -0.4 is 14.8 Å². The Balaban J connectivity index is 1.32. The number of imidazole rings is 1. The minimum Gasteiger partial charge on any atom is -0.493 e. The first kappa shape index (κ1) is 25.1. The molecular formula is C27H34N4O3. The van der Waals surface area contributed by atoms with E-state index in [1.165, 1.54) is 5.56 Å². The van der Waals surface area contributed by atoms with Gasteiger partial charge in [-0.1, -0.05) is 30.4 Å². The Hall–Kier alpha value is -3.58. The van der Waals surface area contributed by atoms with Crippen LogP contribution in [0.4, 0.5) is 0 Å². The van der Waals surface area contributed by atoms with Gasteiger partial charge in [-0.25, -0.2) is 4.98 Å². The van der Waals surface area contributed by atoms with E-state index in [0.717, 1.165) is 48.7 Å². The van der Waals surface area contributed by atoms with Crippen LogP contribution in [0.1, 0.15) is 24.0 Å². The van der Waals surface area contributed by atoms with Gasteiger partial charge >= 0.3 is 0 Å². The summed E-state index contributed by atoms with van der Waals surface area (Å²) in [6.45, 7) is 2.53. The molecule has 0 aliphatic heterocycles. The van der Waals surface area contributed by atoms with E-state index < -0.39 is 0 Å². The van der Waals surface area contributed by atoms with Gasteiger partial charge in [-0.05, 0) is 61.8 Å². The molecule has 1 aromatic heterocycles. The lowest BCUT2D eigenvalue weighted by atomic mass is 10.1. The summed E-state index contributed by atoms with van der Waals surface area (Å²) in [6.07, 6.45) is 11.5. The third kappa shape index (κ3) is 7.78. The number of nitrogens with zero attached hydrogens (tertiary/aromatic N) is 3. The molecule has 0 saturated carbocycles. The third-order valence-electron chi connectivity index (χ3n) is 5.56. The molecule has 180 valence electrons. The molecule has 0 spiro atoms. The normalized spacial score (nSPS) is 11.2. The number of carbonyl (C=O) groups excluding carboxylic acids is 1. The van der Waals surface area contributed by atoms with Crippen LogP contribution in [-0.4, -0.2) is 61.3 Å². The van der Waals surface area contributed by atoms with Gasteiger partial charge in [0.05, 0.1) is 20.5 Å². The van der Waals surface area contributed by atoms with Crippen LogP contribution in [0.25, 0.3) is 11.8 Å². The summed E-state index contributed by atoms with van der Waals surface area (Å²) >= 11 is 0. The molecule has 0 bridgehead atoms. The van der Waals surface area contributed by atoms with Gasteiger partial charge in [0, 0.05) is 37.6 Å². The van der Waals surface area contributed by atoms with Gasteiger partial charge in [-0.3, -0.25) is 4.79 Å². The van der Waals surface area contributed by atoms with Gasteiger partial charge in [-0.2, -0.15) is 0 Å². The molecular weight excluding hydrogens is 428 g/mol. The maximum Gasteiger partial charge on any atom is 0.223 e. The molecule has 3 aromatic rings. The number of aromatic nitrogens is 2. The summed E-state index contributed by atoms with van der Waals surface area (Å²) < 4.78 is 12.6. The molecule has 7 heteroatoms. The summed E-state index contributed by atoms with van der Waals surface area (Å²) in [7, 11) is 5.39. The van der Waals surface area contributed by atoms with Gasteiger partial charge in [0.1, 0.15) is 0 Å². The van der Waals surface area contributed by atoms with E-state index in [-0.39, 0.29) is 5.91 Å². The molecule has 0 aliphatic rings. The van der Waals surface area contributed by atoms with Crippen molar-refractivity contribution in [1.29, 1.82) is 0 Å². The Morgan fingerprint density at radius 2 is 1.97 bits per heavy atom. The highest BCUT2D eigenvalue weighted by atomic mass is 16.5. The van der Waals surface area contributed by atoms with Crippen LogP contribution in [0.15, 0.2) is 67.3 Å². The van der Waals surface area contributed by atoms with E-state index in [1.54, 1.807) is 26.7 Å². The number of hydrogen-bond donors (Lipinski definition) is 1. The molecule has 2 aromatic carbocycles. The molecule has 1 amide bonds. The number of rotatable bonds is 13. The quantitative estimate of drug-likeness (QED) is 0.389. The Kier molecular flexibility index (Phi) is 9.73. The Morgan fingerprint density at radius 1 is 1.12 bits per heavy atom. The summed E-state index contributed by atoms with van der Waals surface area (Å²) in [5.74, 6) is 1.54. The summed E-state index contributed by atoms with van der Waals surface area (Å²) in [6, 6.07) is 14.1. The fourth-order valence-electron chi connectivity index (χ4n) is 3.62. The van der Waals surface area contributed by atoms with Crippen molar-refractivity contribution in [3.8, 4) is 17.2 Å². The van der Waals surface area contributed by atoms with Crippen LogP contribution in [0, 0.1) is 0 Å². The molecule has 0 unspecified atom stereocenters. The first-order chi connectivity index (χ1) is 16.6. The maximum absolute atomic E-state index is 12.1. The number of nitrogens with one attached hydrogen (secondary N) is 1. The van der Waals surface area contributed by atoms with Crippen molar-refractivity contribution in [3.05, 3.63) is 78.4 Å². The van der Waals surface area contributed by atoms with Crippen molar-refractivity contribution in [3.63, 3.8) is 0 Å². The highest BCUT2D eigenvalue weighted by molar-refractivity contribution is 5.78. The van der Waals surface area contributed by atoms with E-state index in [1.807, 2.05) is 53.2 Å². The molecule has 0 aliphatic carbocycles. The molecule has 0 radical (unpaired) electrons. The zero-order valence-corrected chi connectivity index (χ0v) is 20.2. The number of likely N-dealkylation sites (N-methyl/N-ethyl adjacent to an activating group) is 1. The van der Waals surface area contributed by atoms with E-state index >= 15 is 0 Å². The lowest BCUT2D eigenvalue weighted by molar-refractivity contribution is -0.120. The van der Waals surface area contributed by atoms with Crippen molar-refractivity contribution in [2.45, 2.75) is 19.3 Å². The van der Waals surface area contributed by atoms with Crippen molar-refractivity contribution < 1.29 is 14.3 Å². The largest absolute Gasteiger partial charge is 0.493 e. The first-order valence-electron chi connectivity index (χ1n) is 11.5. The molecule has 34 heavy (non-hydrogen) atoms. The van der Waals surface area contributed by atoms with E-state index in [2.05, 4.69) is 34.4 Å². The zero-order valence-electron chi connectivity index (χ0n) is 20.2. The van der Waals surface area contributed by atoms with Crippen molar-refractivity contribution in [2.24, 2.45) is 0 Å². The summed E-state index contributed by atoms with van der Waals surface area (Å²) in [5, 5.41) is 3.00. The van der Waals surface area contributed by atoms with Crippen LogP contribution >= 0.6 is 0 Å². The minimum atomic E-state index is 0.0370. The number of methoxy groups -OCH3 is 2. The van der Waals surface area contributed by atoms with E-state index in [0.29, 0.717) is 13.0 Å². The smallest absolute Gasteiger partial charge is 0.223 e. The molecule has 3 rings (SSSR count). The predicted molar refractivity (Wildman–Crippen MR) is 136 cm³/mol. The lowest BCUT2D eigenvalue weighted by Crippen LogP contribution is -2.28. The van der Waals surface area contributed by atoms with E-state index in [9.17, 15) is 4.79 Å². The standard InChI is InChI=1S/C27H34N4O3/c1-30(17-13-23-11-12-25(33-2)26(20-23)34-3)16-6-14-29-27(32)10-5-8-22-7-4-9-24(19-22)31-18-15-28-21-31/h4-5,7-9,11-12,15,18-21H,6,10,13-14,16-17H2,1-3H3,(H,29,32). The predicted octanol–water partition coefficient (Wildman–Crippen LogP) is 3.97. The van der Waals surface area contributed by atoms with Crippen LogP contribution in [0.2, 0.25) is 0 Å². The van der Waals surface area contributed by atoms with Gasteiger partial charge in [0.15, 0.2) is 11.5 Å². The van der Waals surface area contributed by atoms with Gasteiger partial charge < -0.3 is 24.3 Å². The Labute approximate surface area is 202 Å². The maximum atomic E-state index is 12.1. The summed E-state index contributed by atoms with van der Waals surface area (Å²) in [4.78, 5) is 18.5. The fourth-order valence-corrected chi connectivity index (χ4v) is 3.62.